The number of nitrogens with zero attached hydrogens (tertiary/aromatic N) is 1. The molecule has 18 heavy (non-hydrogen) atoms. The first-order valence-corrected chi connectivity index (χ1v) is 6.47. The van der Waals surface area contributed by atoms with Crippen LogP contribution in [0.2, 0.25) is 0 Å². The van der Waals surface area contributed by atoms with Crippen LogP contribution >= 0.6 is 0 Å². The summed E-state index contributed by atoms with van der Waals surface area (Å²) in [5, 5.41) is 0. The van der Waals surface area contributed by atoms with Crippen molar-refractivity contribution >= 4 is 5.78 Å². The Balaban J connectivity index is 1.70. The lowest BCUT2D eigenvalue weighted by atomic mass is 9.88. The van der Waals surface area contributed by atoms with Gasteiger partial charge in [-0.2, -0.15) is 0 Å². The van der Waals surface area contributed by atoms with Gasteiger partial charge in [-0.15, -0.1) is 0 Å². The van der Waals surface area contributed by atoms with Gasteiger partial charge in [0.25, 0.3) is 0 Å². The van der Waals surface area contributed by atoms with Crippen molar-refractivity contribution in [1.29, 1.82) is 0 Å². The van der Waals surface area contributed by atoms with E-state index in [9.17, 15) is 4.79 Å². The van der Waals surface area contributed by atoms with E-state index in [1.807, 2.05) is 0 Å². The Hall–Kier alpha value is -1.55. The summed E-state index contributed by atoms with van der Waals surface area (Å²) in [6.07, 6.45) is 2.36. The molecule has 0 N–H and O–H groups in total. The van der Waals surface area contributed by atoms with Crippen LogP contribution in [0.15, 0.2) is 12.1 Å². The summed E-state index contributed by atoms with van der Waals surface area (Å²) < 4.78 is 10.8. The Morgan fingerprint density at radius 2 is 1.89 bits per heavy atom. The standard InChI is InChI=1S/C14H15NO3/c16-12-1-2-15-7-10-5-14-13(17-8-18-14)4-9(10)3-11(15)6-12/h4-5,11H,1-3,6-8H2/t11-/m0/s1. The molecule has 4 heteroatoms. The van der Waals surface area contributed by atoms with E-state index in [0.717, 1.165) is 31.0 Å². The van der Waals surface area contributed by atoms with Crippen LogP contribution in [0, 0.1) is 0 Å². The van der Waals surface area contributed by atoms with Crippen molar-refractivity contribution in [2.45, 2.75) is 31.8 Å². The van der Waals surface area contributed by atoms with E-state index in [1.165, 1.54) is 11.1 Å². The van der Waals surface area contributed by atoms with Gasteiger partial charge in [0.15, 0.2) is 11.5 Å². The maximum atomic E-state index is 11.5. The number of hydrogen-bond donors (Lipinski definition) is 0. The number of carbonyl (C=O) groups is 1. The van der Waals surface area contributed by atoms with E-state index in [0.29, 0.717) is 31.5 Å². The van der Waals surface area contributed by atoms with Crippen LogP contribution in [0.1, 0.15) is 24.0 Å². The molecule has 1 atom stereocenters. The predicted octanol–water partition coefficient (Wildman–Crippen LogP) is 1.50. The number of ether oxygens (including phenoxy) is 2. The van der Waals surface area contributed by atoms with E-state index in [-0.39, 0.29) is 0 Å². The van der Waals surface area contributed by atoms with Crippen molar-refractivity contribution in [2.75, 3.05) is 13.3 Å². The Kier molecular flexibility index (Phi) is 2.14. The lowest BCUT2D eigenvalue weighted by Gasteiger charge is -2.39. The third kappa shape index (κ3) is 1.52. The molecule has 0 radical (unpaired) electrons. The van der Waals surface area contributed by atoms with Gasteiger partial charge in [0.2, 0.25) is 6.79 Å². The Bertz CT molecular complexity index is 526. The zero-order chi connectivity index (χ0) is 12.1. The monoisotopic (exact) mass is 245 g/mol. The summed E-state index contributed by atoms with van der Waals surface area (Å²) in [5.74, 6) is 2.12. The molecule has 1 saturated heterocycles. The van der Waals surface area contributed by atoms with Crippen molar-refractivity contribution in [3.05, 3.63) is 23.3 Å². The van der Waals surface area contributed by atoms with Crippen molar-refractivity contribution in [1.82, 2.24) is 4.90 Å². The minimum Gasteiger partial charge on any atom is -0.454 e. The highest BCUT2D eigenvalue weighted by molar-refractivity contribution is 5.80. The molecule has 0 bridgehead atoms. The van der Waals surface area contributed by atoms with Crippen LogP contribution < -0.4 is 9.47 Å². The predicted molar refractivity (Wildman–Crippen MR) is 64.7 cm³/mol. The number of ketones is 1. The van der Waals surface area contributed by atoms with E-state index in [2.05, 4.69) is 17.0 Å². The molecule has 1 fully saturated rings. The fourth-order valence-electron chi connectivity index (χ4n) is 3.19. The maximum absolute atomic E-state index is 11.5. The molecule has 4 nitrogen and oxygen atoms in total. The molecule has 0 aromatic heterocycles. The third-order valence-electron chi connectivity index (χ3n) is 4.18. The lowest BCUT2D eigenvalue weighted by molar-refractivity contribution is -0.123. The van der Waals surface area contributed by atoms with Gasteiger partial charge in [0, 0.05) is 32.0 Å². The SMILES string of the molecule is O=C1CCN2Cc3cc4c(cc3C[C@H]2C1)OCO4. The first-order valence-electron chi connectivity index (χ1n) is 6.47. The summed E-state index contributed by atoms with van der Waals surface area (Å²) >= 11 is 0. The fraction of sp³-hybridized carbons (Fsp3) is 0.500. The van der Waals surface area contributed by atoms with E-state index in [1.54, 1.807) is 0 Å². The number of carbonyl (C=O) groups excluding carboxylic acids is 1. The smallest absolute Gasteiger partial charge is 0.231 e. The van der Waals surface area contributed by atoms with Crippen molar-refractivity contribution in [3.63, 3.8) is 0 Å². The number of fused-ring (bicyclic) bond motifs is 3. The molecule has 3 heterocycles. The summed E-state index contributed by atoms with van der Waals surface area (Å²) in [5.41, 5.74) is 2.64. The Labute approximate surface area is 105 Å². The molecule has 94 valence electrons. The number of rotatable bonds is 0. The maximum Gasteiger partial charge on any atom is 0.231 e. The fourth-order valence-corrected chi connectivity index (χ4v) is 3.19. The molecule has 0 unspecified atom stereocenters. The molecule has 0 aliphatic carbocycles. The van der Waals surface area contributed by atoms with Crippen LogP contribution in [0.4, 0.5) is 0 Å². The number of hydrogen-bond acceptors (Lipinski definition) is 4. The molecule has 4 rings (SSSR count). The zero-order valence-electron chi connectivity index (χ0n) is 10.1. The second-order valence-electron chi connectivity index (χ2n) is 5.30. The number of piperidine rings is 1. The second kappa shape index (κ2) is 3.72. The first-order chi connectivity index (χ1) is 8.79. The first kappa shape index (κ1) is 10.4. The second-order valence-corrected chi connectivity index (χ2v) is 5.30. The van der Waals surface area contributed by atoms with Crippen LogP contribution in [-0.4, -0.2) is 30.1 Å². The van der Waals surface area contributed by atoms with Gasteiger partial charge < -0.3 is 9.47 Å². The molecule has 0 amide bonds. The van der Waals surface area contributed by atoms with E-state index >= 15 is 0 Å². The Morgan fingerprint density at radius 1 is 1.11 bits per heavy atom. The molecule has 1 aromatic rings. The molecule has 0 saturated carbocycles. The summed E-state index contributed by atoms with van der Waals surface area (Å²) in [6.45, 7) is 2.16. The molecular weight excluding hydrogens is 230 g/mol. The topological polar surface area (TPSA) is 38.8 Å². The van der Waals surface area contributed by atoms with Crippen molar-refractivity contribution < 1.29 is 14.3 Å². The summed E-state index contributed by atoms with van der Waals surface area (Å²) in [6, 6.07) is 4.58. The van der Waals surface area contributed by atoms with Crippen molar-refractivity contribution in [3.8, 4) is 11.5 Å². The van der Waals surface area contributed by atoms with E-state index < -0.39 is 0 Å². The zero-order valence-corrected chi connectivity index (χ0v) is 10.1. The summed E-state index contributed by atoms with van der Waals surface area (Å²) in [7, 11) is 0. The number of benzene rings is 1. The normalized spacial score (nSPS) is 25.8. The quantitative estimate of drug-likeness (QED) is 0.694. The minimum atomic E-state index is 0.323. The van der Waals surface area contributed by atoms with Gasteiger partial charge >= 0.3 is 0 Å². The highest BCUT2D eigenvalue weighted by atomic mass is 16.7. The van der Waals surface area contributed by atoms with E-state index in [4.69, 9.17) is 9.47 Å². The van der Waals surface area contributed by atoms with Gasteiger partial charge in [-0.1, -0.05) is 0 Å². The van der Waals surface area contributed by atoms with Gasteiger partial charge in [0.1, 0.15) is 5.78 Å². The molecule has 3 aliphatic rings. The van der Waals surface area contributed by atoms with Crippen LogP contribution in [0.3, 0.4) is 0 Å². The third-order valence-corrected chi connectivity index (χ3v) is 4.18. The highest BCUT2D eigenvalue weighted by Crippen LogP contribution is 2.38. The van der Waals surface area contributed by atoms with Crippen molar-refractivity contribution in [2.24, 2.45) is 0 Å². The van der Waals surface area contributed by atoms with Gasteiger partial charge in [-0.05, 0) is 29.7 Å². The highest BCUT2D eigenvalue weighted by Gasteiger charge is 2.32. The van der Waals surface area contributed by atoms with Gasteiger partial charge in [0.05, 0.1) is 0 Å². The van der Waals surface area contributed by atoms with Crippen LogP contribution in [-0.2, 0) is 17.8 Å². The molecule has 3 aliphatic heterocycles. The van der Waals surface area contributed by atoms with Crippen LogP contribution in [0.25, 0.3) is 0 Å². The molecular formula is C14H15NO3. The lowest BCUT2D eigenvalue weighted by Crippen LogP contribution is -2.46. The Morgan fingerprint density at radius 3 is 2.72 bits per heavy atom. The van der Waals surface area contributed by atoms with Crippen LogP contribution in [0.5, 0.6) is 11.5 Å². The average molecular weight is 245 g/mol. The largest absolute Gasteiger partial charge is 0.454 e. The number of Topliss-reactive ketones (excluding diaryl/α,β-unsaturated/α-hetero) is 1. The minimum absolute atomic E-state index is 0.323. The average Bonchev–Trinajstić information content (AvgIpc) is 2.80. The van der Waals surface area contributed by atoms with Gasteiger partial charge in [-0.3, -0.25) is 9.69 Å². The van der Waals surface area contributed by atoms with Gasteiger partial charge in [-0.25, -0.2) is 0 Å². The molecule has 0 spiro atoms. The molecule has 1 aromatic carbocycles. The summed E-state index contributed by atoms with van der Waals surface area (Å²) in [4.78, 5) is 14.0.